The van der Waals surface area contributed by atoms with Gasteiger partial charge in [0.05, 0.1) is 16.5 Å². The number of halogens is 4. The van der Waals surface area contributed by atoms with E-state index in [0.717, 1.165) is 19.6 Å². The molecule has 1 aromatic heterocycles. The van der Waals surface area contributed by atoms with Crippen LogP contribution in [0.1, 0.15) is 18.2 Å². The molecule has 170 valence electrons. The summed E-state index contributed by atoms with van der Waals surface area (Å²) in [4.78, 5) is 17.6. The lowest BCUT2D eigenvalue weighted by Crippen LogP contribution is -2.45. The van der Waals surface area contributed by atoms with Gasteiger partial charge in [0, 0.05) is 37.2 Å². The van der Waals surface area contributed by atoms with Crippen molar-refractivity contribution < 1.29 is 22.7 Å². The summed E-state index contributed by atoms with van der Waals surface area (Å²) < 4.78 is 48.0. The molecule has 1 fully saturated rings. The van der Waals surface area contributed by atoms with Crippen LogP contribution < -0.4 is 5.43 Å². The number of phenols is 1. The summed E-state index contributed by atoms with van der Waals surface area (Å²) in [5.41, 5.74) is -1.23. The summed E-state index contributed by atoms with van der Waals surface area (Å²) in [7, 11) is 0. The maximum atomic E-state index is 14.0. The monoisotopic (exact) mass is 510 g/mol. The van der Waals surface area contributed by atoms with Crippen LogP contribution in [0.2, 0.25) is 0 Å². The molecular weight excluding hydrogens is 489 g/mol. The van der Waals surface area contributed by atoms with Gasteiger partial charge in [0.2, 0.25) is 11.2 Å². The van der Waals surface area contributed by atoms with Gasteiger partial charge in [0.15, 0.2) is 0 Å². The topological polar surface area (TPSA) is 56.9 Å². The van der Waals surface area contributed by atoms with Gasteiger partial charge in [-0.05, 0) is 36.4 Å². The lowest BCUT2D eigenvalue weighted by molar-refractivity contribution is -0.152. The number of hydrogen-bond acceptors (Lipinski definition) is 5. The molecule has 0 atom stereocenters. The predicted octanol–water partition coefficient (Wildman–Crippen LogP) is 5.08. The molecule has 0 bridgehead atoms. The number of rotatable bonds is 4. The summed E-state index contributed by atoms with van der Waals surface area (Å²) >= 11 is 3.25. The van der Waals surface area contributed by atoms with Crippen molar-refractivity contribution in [2.45, 2.75) is 19.6 Å². The van der Waals surface area contributed by atoms with E-state index >= 15 is 0 Å². The molecule has 0 unspecified atom stereocenters. The van der Waals surface area contributed by atoms with Gasteiger partial charge < -0.3 is 14.4 Å². The Hall–Kier alpha value is -2.36. The Kier molecular flexibility index (Phi) is 6.33. The predicted molar refractivity (Wildman–Crippen MR) is 120 cm³/mol. The minimum Gasteiger partial charge on any atom is -0.507 e. The van der Waals surface area contributed by atoms with E-state index in [1.54, 1.807) is 12.1 Å². The van der Waals surface area contributed by atoms with Crippen LogP contribution in [0, 0.1) is 0 Å². The second kappa shape index (κ2) is 8.88. The second-order valence-corrected chi connectivity index (χ2v) is 8.71. The molecule has 0 spiro atoms. The van der Waals surface area contributed by atoms with Crippen LogP contribution in [0.25, 0.3) is 22.1 Å². The number of benzene rings is 2. The Morgan fingerprint density at radius 1 is 1.03 bits per heavy atom. The van der Waals surface area contributed by atoms with Gasteiger partial charge in [-0.25, -0.2) is 0 Å². The third-order valence-corrected chi connectivity index (χ3v) is 6.35. The molecule has 0 amide bonds. The molecule has 2 aromatic carbocycles. The highest BCUT2D eigenvalue weighted by atomic mass is 79.9. The minimum atomic E-state index is -4.88. The smallest absolute Gasteiger partial charge is 0.450 e. The molecule has 0 saturated carbocycles. The van der Waals surface area contributed by atoms with Gasteiger partial charge >= 0.3 is 6.18 Å². The average Bonchev–Trinajstić information content (AvgIpc) is 2.76. The fraction of sp³-hybridized carbons (Fsp3) is 0.348. The molecule has 2 heterocycles. The summed E-state index contributed by atoms with van der Waals surface area (Å²) in [6.07, 6.45) is -4.88. The van der Waals surface area contributed by atoms with Gasteiger partial charge in [-0.1, -0.05) is 35.0 Å². The normalized spacial score (nSPS) is 16.0. The van der Waals surface area contributed by atoms with Crippen molar-refractivity contribution >= 4 is 26.9 Å². The minimum absolute atomic E-state index is 0.0101. The number of likely N-dealkylation sites (N-methyl/N-ethyl adjacent to an activating group) is 1. The van der Waals surface area contributed by atoms with Crippen molar-refractivity contribution in [2.24, 2.45) is 0 Å². The van der Waals surface area contributed by atoms with Gasteiger partial charge in [-0.2, -0.15) is 13.2 Å². The number of nitrogens with zero attached hydrogens (tertiary/aromatic N) is 2. The highest BCUT2D eigenvalue weighted by molar-refractivity contribution is 9.10. The van der Waals surface area contributed by atoms with Crippen LogP contribution in [-0.2, 0) is 12.7 Å². The van der Waals surface area contributed by atoms with E-state index in [2.05, 4.69) is 27.8 Å². The Labute approximate surface area is 191 Å². The number of phenolic OH excluding ortho intramolecular Hbond substituents is 1. The van der Waals surface area contributed by atoms with Crippen molar-refractivity contribution in [2.75, 3.05) is 32.7 Å². The van der Waals surface area contributed by atoms with Gasteiger partial charge in [0.25, 0.3) is 0 Å². The van der Waals surface area contributed by atoms with E-state index in [0.29, 0.717) is 17.6 Å². The van der Waals surface area contributed by atoms with Gasteiger partial charge in [-0.15, -0.1) is 0 Å². The summed E-state index contributed by atoms with van der Waals surface area (Å²) in [6.45, 7) is 6.26. The highest BCUT2D eigenvalue weighted by Crippen LogP contribution is 2.39. The first kappa shape index (κ1) is 22.8. The largest absolute Gasteiger partial charge is 0.507 e. The summed E-state index contributed by atoms with van der Waals surface area (Å²) in [5, 5.41) is 10.5. The molecule has 0 radical (unpaired) electrons. The van der Waals surface area contributed by atoms with Crippen LogP contribution in [0.4, 0.5) is 13.2 Å². The van der Waals surface area contributed by atoms with Gasteiger partial charge in [0.1, 0.15) is 11.3 Å². The number of hydrogen-bond donors (Lipinski definition) is 1. The maximum absolute atomic E-state index is 14.0. The molecule has 1 aliphatic heterocycles. The third-order valence-electron chi connectivity index (χ3n) is 5.82. The molecule has 1 aliphatic rings. The highest BCUT2D eigenvalue weighted by Gasteiger charge is 2.40. The van der Waals surface area contributed by atoms with Crippen LogP contribution in [0.15, 0.2) is 50.1 Å². The zero-order chi connectivity index (χ0) is 23.0. The Balaban J connectivity index is 1.87. The van der Waals surface area contributed by atoms with Crippen molar-refractivity contribution in [3.8, 4) is 16.9 Å². The average molecular weight is 511 g/mol. The zero-order valence-electron chi connectivity index (χ0n) is 17.4. The molecular formula is C23H22BrF3N2O3. The quantitative estimate of drug-likeness (QED) is 0.530. The first-order chi connectivity index (χ1) is 15.2. The third kappa shape index (κ3) is 4.42. The summed E-state index contributed by atoms with van der Waals surface area (Å²) in [5.74, 6) is -1.55. The van der Waals surface area contributed by atoms with Crippen molar-refractivity contribution in [3.63, 3.8) is 0 Å². The van der Waals surface area contributed by atoms with E-state index in [9.17, 15) is 23.1 Å². The molecule has 1 saturated heterocycles. The molecule has 3 aromatic rings. The van der Waals surface area contributed by atoms with E-state index in [4.69, 9.17) is 4.42 Å². The number of fused-ring (bicyclic) bond motifs is 1. The van der Waals surface area contributed by atoms with Gasteiger partial charge in [-0.3, -0.25) is 9.69 Å². The van der Waals surface area contributed by atoms with Crippen LogP contribution >= 0.6 is 15.9 Å². The zero-order valence-corrected chi connectivity index (χ0v) is 19.0. The lowest BCUT2D eigenvalue weighted by atomic mass is 10.00. The van der Waals surface area contributed by atoms with Crippen molar-refractivity contribution in [1.29, 1.82) is 0 Å². The standard InChI is InChI=1S/C23H22BrF3N2O3/c1-2-28-9-11-29(12-10-28)13-17-18(30)8-7-16-20(31)19(14-3-5-15(24)6-4-14)22(23(25,26)27)32-21(16)17/h3-8,30H,2,9-13H2,1H3. The first-order valence-corrected chi connectivity index (χ1v) is 11.1. The SMILES string of the molecule is CCN1CCN(Cc2c(O)ccc3c(=O)c(-c4ccc(Br)cc4)c(C(F)(F)F)oc23)CC1. The fourth-order valence-electron chi connectivity index (χ4n) is 4.02. The molecule has 1 N–H and O–H groups in total. The maximum Gasteiger partial charge on any atom is 0.450 e. The number of alkyl halides is 3. The van der Waals surface area contributed by atoms with E-state index in [-0.39, 0.29) is 34.4 Å². The lowest BCUT2D eigenvalue weighted by Gasteiger charge is -2.34. The molecule has 0 aliphatic carbocycles. The van der Waals surface area contributed by atoms with Crippen LogP contribution in [0.3, 0.4) is 0 Å². The fourth-order valence-corrected chi connectivity index (χ4v) is 4.29. The number of aromatic hydroxyl groups is 1. The van der Waals surface area contributed by atoms with Crippen molar-refractivity contribution in [3.05, 3.63) is 62.4 Å². The first-order valence-electron chi connectivity index (χ1n) is 10.3. The Morgan fingerprint density at radius 3 is 2.25 bits per heavy atom. The molecule has 5 nitrogen and oxygen atoms in total. The number of piperazine rings is 1. The molecule has 9 heteroatoms. The van der Waals surface area contributed by atoms with Crippen LogP contribution in [-0.4, -0.2) is 47.6 Å². The van der Waals surface area contributed by atoms with E-state index in [1.807, 2.05) is 4.90 Å². The Bertz CT molecular complexity index is 1180. The van der Waals surface area contributed by atoms with Crippen molar-refractivity contribution in [1.82, 2.24) is 9.80 Å². The summed E-state index contributed by atoms with van der Waals surface area (Å²) in [6, 6.07) is 8.67. The second-order valence-electron chi connectivity index (χ2n) is 7.79. The molecule has 32 heavy (non-hydrogen) atoms. The Morgan fingerprint density at radius 2 is 1.66 bits per heavy atom. The molecule has 4 rings (SSSR count). The van der Waals surface area contributed by atoms with Crippen LogP contribution in [0.5, 0.6) is 5.75 Å². The van der Waals surface area contributed by atoms with E-state index in [1.165, 1.54) is 24.3 Å². The van der Waals surface area contributed by atoms with E-state index < -0.39 is 22.9 Å².